The number of hydrogen-bond acceptors (Lipinski definition) is 4. The van der Waals surface area contributed by atoms with Crippen molar-refractivity contribution in [3.8, 4) is 0 Å². The summed E-state index contributed by atoms with van der Waals surface area (Å²) in [4.78, 5) is 15.0. The van der Waals surface area contributed by atoms with E-state index < -0.39 is 10.0 Å². The van der Waals surface area contributed by atoms with Crippen molar-refractivity contribution in [3.63, 3.8) is 0 Å². The van der Waals surface area contributed by atoms with Crippen LogP contribution in [0, 0.1) is 0 Å². The summed E-state index contributed by atoms with van der Waals surface area (Å²) in [5, 5.41) is 1.96. The molecule has 0 spiro atoms. The first kappa shape index (κ1) is 15.5. The highest BCUT2D eigenvalue weighted by atomic mass is 32.2. The van der Waals surface area contributed by atoms with Gasteiger partial charge in [-0.3, -0.25) is 9.52 Å². The van der Waals surface area contributed by atoms with Gasteiger partial charge in [-0.05, 0) is 29.6 Å². The Kier molecular flexibility index (Phi) is 4.64. The molecule has 7 heteroatoms. The molecule has 0 atom stereocenters. The minimum atomic E-state index is -3.35. The highest BCUT2D eigenvalue weighted by molar-refractivity contribution is 7.92. The first-order chi connectivity index (χ1) is 9.85. The molecule has 0 radical (unpaired) electrons. The van der Waals surface area contributed by atoms with Crippen LogP contribution in [0.15, 0.2) is 41.8 Å². The molecule has 21 heavy (non-hydrogen) atoms. The summed E-state index contributed by atoms with van der Waals surface area (Å²) in [6.07, 6.45) is 1.07. The van der Waals surface area contributed by atoms with Gasteiger partial charge in [0.2, 0.25) is 10.0 Å². The molecule has 0 aliphatic carbocycles. The number of nitrogens with one attached hydrogen (secondary N) is 1. The largest absolute Gasteiger partial charge is 0.337 e. The molecule has 0 aliphatic rings. The molecular formula is C14H16N2O3S2. The number of nitrogens with zero attached hydrogens (tertiary/aromatic N) is 1. The summed E-state index contributed by atoms with van der Waals surface area (Å²) in [6, 6.07) is 10.4. The standard InChI is InChI=1S/C14H16N2O3S2/c1-16(10-13-7-4-8-20-13)14(17)11-5-3-6-12(9-11)15-21(2,18)19/h3-9,15H,10H2,1-2H3. The summed E-state index contributed by atoms with van der Waals surface area (Å²) in [5.41, 5.74) is 0.829. The van der Waals surface area contributed by atoms with Gasteiger partial charge in [-0.2, -0.15) is 0 Å². The van der Waals surface area contributed by atoms with Crippen molar-refractivity contribution in [3.05, 3.63) is 52.2 Å². The lowest BCUT2D eigenvalue weighted by atomic mass is 10.2. The van der Waals surface area contributed by atoms with E-state index in [0.717, 1.165) is 11.1 Å². The quantitative estimate of drug-likeness (QED) is 0.918. The second kappa shape index (κ2) is 6.28. The number of thiophene rings is 1. The van der Waals surface area contributed by atoms with Crippen LogP contribution in [0.1, 0.15) is 15.2 Å². The molecule has 2 rings (SSSR count). The number of amides is 1. The van der Waals surface area contributed by atoms with Crippen molar-refractivity contribution >= 4 is 33.0 Å². The minimum absolute atomic E-state index is 0.152. The van der Waals surface area contributed by atoms with Crippen LogP contribution in [0.4, 0.5) is 5.69 Å². The van der Waals surface area contributed by atoms with Crippen molar-refractivity contribution in [1.82, 2.24) is 4.90 Å². The van der Waals surface area contributed by atoms with Crippen LogP contribution in [0.25, 0.3) is 0 Å². The van der Waals surface area contributed by atoms with Gasteiger partial charge in [0, 0.05) is 23.2 Å². The van der Waals surface area contributed by atoms with Crippen molar-refractivity contribution in [2.24, 2.45) is 0 Å². The number of anilines is 1. The van der Waals surface area contributed by atoms with Gasteiger partial charge in [0.1, 0.15) is 0 Å². The number of carbonyl (C=O) groups is 1. The number of benzene rings is 1. The fourth-order valence-corrected chi connectivity index (χ4v) is 3.17. The van der Waals surface area contributed by atoms with Crippen LogP contribution in [-0.4, -0.2) is 32.5 Å². The Bertz CT molecular complexity index is 724. The number of carbonyl (C=O) groups excluding carboxylic acids is 1. The molecule has 112 valence electrons. The van der Waals surface area contributed by atoms with E-state index in [9.17, 15) is 13.2 Å². The lowest BCUT2D eigenvalue weighted by Gasteiger charge is -2.16. The molecule has 0 bridgehead atoms. The van der Waals surface area contributed by atoms with E-state index in [2.05, 4.69) is 4.72 Å². The van der Waals surface area contributed by atoms with Gasteiger partial charge in [0.15, 0.2) is 0 Å². The van der Waals surface area contributed by atoms with E-state index in [1.54, 1.807) is 41.5 Å². The summed E-state index contributed by atoms with van der Waals surface area (Å²) >= 11 is 1.59. The SMILES string of the molecule is CN(Cc1cccs1)C(=O)c1cccc(NS(C)(=O)=O)c1. The van der Waals surface area contributed by atoms with Gasteiger partial charge in [0.25, 0.3) is 5.91 Å². The maximum atomic E-state index is 12.3. The summed E-state index contributed by atoms with van der Waals surface area (Å²) < 4.78 is 24.8. The van der Waals surface area contributed by atoms with Crippen molar-refractivity contribution in [2.75, 3.05) is 18.0 Å². The Labute approximate surface area is 128 Å². The molecule has 1 N–H and O–H groups in total. The second-order valence-electron chi connectivity index (χ2n) is 4.70. The fourth-order valence-electron chi connectivity index (χ4n) is 1.86. The van der Waals surface area contributed by atoms with Gasteiger partial charge in [-0.1, -0.05) is 12.1 Å². The molecule has 1 aromatic heterocycles. The molecular weight excluding hydrogens is 308 g/mol. The van der Waals surface area contributed by atoms with E-state index in [1.165, 1.54) is 6.07 Å². The molecule has 1 aromatic carbocycles. The van der Waals surface area contributed by atoms with Crippen molar-refractivity contribution in [1.29, 1.82) is 0 Å². The highest BCUT2D eigenvalue weighted by Crippen LogP contribution is 2.16. The van der Waals surface area contributed by atoms with Gasteiger partial charge >= 0.3 is 0 Å². The van der Waals surface area contributed by atoms with E-state index in [-0.39, 0.29) is 5.91 Å². The van der Waals surface area contributed by atoms with Gasteiger partial charge in [-0.25, -0.2) is 8.42 Å². The highest BCUT2D eigenvalue weighted by Gasteiger charge is 2.13. The summed E-state index contributed by atoms with van der Waals surface area (Å²) in [5.74, 6) is -0.152. The maximum Gasteiger partial charge on any atom is 0.253 e. The van der Waals surface area contributed by atoms with Crippen molar-refractivity contribution in [2.45, 2.75) is 6.54 Å². The first-order valence-electron chi connectivity index (χ1n) is 6.21. The van der Waals surface area contributed by atoms with E-state index in [1.807, 2.05) is 17.5 Å². The van der Waals surface area contributed by atoms with Gasteiger partial charge in [0.05, 0.1) is 12.8 Å². The van der Waals surface area contributed by atoms with E-state index in [0.29, 0.717) is 17.8 Å². The Hall–Kier alpha value is -1.86. The number of rotatable bonds is 5. The zero-order valence-corrected chi connectivity index (χ0v) is 13.4. The topological polar surface area (TPSA) is 66.5 Å². The molecule has 1 heterocycles. The molecule has 0 saturated carbocycles. The summed E-state index contributed by atoms with van der Waals surface area (Å²) in [6.45, 7) is 0.528. The van der Waals surface area contributed by atoms with Crippen LogP contribution < -0.4 is 4.72 Å². The van der Waals surface area contributed by atoms with E-state index >= 15 is 0 Å². The summed E-state index contributed by atoms with van der Waals surface area (Å²) in [7, 11) is -1.63. The molecule has 1 amide bonds. The zero-order chi connectivity index (χ0) is 15.5. The third-order valence-corrected chi connectivity index (χ3v) is 4.20. The second-order valence-corrected chi connectivity index (χ2v) is 7.48. The molecule has 0 fully saturated rings. The monoisotopic (exact) mass is 324 g/mol. The molecule has 5 nitrogen and oxygen atoms in total. The Balaban J connectivity index is 2.13. The van der Waals surface area contributed by atoms with Crippen LogP contribution in [0.2, 0.25) is 0 Å². The smallest absolute Gasteiger partial charge is 0.253 e. The third-order valence-electron chi connectivity index (χ3n) is 2.73. The van der Waals surface area contributed by atoms with Crippen LogP contribution in [0.5, 0.6) is 0 Å². The maximum absolute atomic E-state index is 12.3. The first-order valence-corrected chi connectivity index (χ1v) is 8.98. The van der Waals surface area contributed by atoms with Crippen LogP contribution in [-0.2, 0) is 16.6 Å². The predicted octanol–water partition coefficient (Wildman–Crippen LogP) is 2.39. The molecule has 0 aliphatic heterocycles. The molecule has 0 unspecified atom stereocenters. The van der Waals surface area contributed by atoms with Gasteiger partial charge in [-0.15, -0.1) is 11.3 Å². The predicted molar refractivity (Wildman–Crippen MR) is 85.0 cm³/mol. The lowest BCUT2D eigenvalue weighted by Crippen LogP contribution is -2.25. The minimum Gasteiger partial charge on any atom is -0.337 e. The Morgan fingerprint density at radius 2 is 2.05 bits per heavy atom. The molecule has 2 aromatic rings. The van der Waals surface area contributed by atoms with Crippen molar-refractivity contribution < 1.29 is 13.2 Å². The van der Waals surface area contributed by atoms with E-state index in [4.69, 9.17) is 0 Å². The number of hydrogen-bond donors (Lipinski definition) is 1. The normalized spacial score (nSPS) is 11.1. The Morgan fingerprint density at radius 3 is 2.67 bits per heavy atom. The third kappa shape index (κ3) is 4.57. The Morgan fingerprint density at radius 1 is 1.29 bits per heavy atom. The fraction of sp³-hybridized carbons (Fsp3) is 0.214. The number of sulfonamides is 1. The molecule has 0 saturated heterocycles. The average Bonchev–Trinajstić information content (AvgIpc) is 2.89. The van der Waals surface area contributed by atoms with Crippen LogP contribution >= 0.6 is 11.3 Å². The average molecular weight is 324 g/mol. The lowest BCUT2D eigenvalue weighted by molar-refractivity contribution is 0.0786. The zero-order valence-electron chi connectivity index (χ0n) is 11.7. The van der Waals surface area contributed by atoms with Gasteiger partial charge < -0.3 is 4.90 Å². The van der Waals surface area contributed by atoms with Crippen LogP contribution in [0.3, 0.4) is 0 Å².